The van der Waals surface area contributed by atoms with E-state index >= 15 is 0 Å². The summed E-state index contributed by atoms with van der Waals surface area (Å²) in [6.07, 6.45) is -2.78. The Morgan fingerprint density at radius 1 is 0.841 bits per heavy atom. The Morgan fingerprint density at radius 3 is 1.98 bits per heavy atom. The summed E-state index contributed by atoms with van der Waals surface area (Å²) >= 11 is 4.15. The van der Waals surface area contributed by atoms with Gasteiger partial charge in [0, 0.05) is 45.2 Å². The molecule has 0 heterocycles. The molecular formula is C26H43N5O12S. The summed E-state index contributed by atoms with van der Waals surface area (Å²) in [5, 5.41) is 34.6. The average molecular weight is 650 g/mol. The molecule has 0 rings (SSSR count). The first-order chi connectivity index (χ1) is 20.6. The average Bonchev–Trinajstić information content (AvgIpc) is 2.96. The second kappa shape index (κ2) is 20.9. The highest BCUT2D eigenvalue weighted by Gasteiger charge is 2.35. The topological polar surface area (TPSA) is 249 Å². The molecule has 0 aliphatic carbocycles. The second-order valence-corrected chi connectivity index (χ2v) is 10.4. The van der Waals surface area contributed by atoms with E-state index in [1.165, 1.54) is 26.0 Å². The van der Waals surface area contributed by atoms with Crippen LogP contribution in [0.4, 0.5) is 4.79 Å². The van der Waals surface area contributed by atoms with Crippen LogP contribution in [-0.4, -0.2) is 130 Å². The third-order valence-corrected chi connectivity index (χ3v) is 7.31. The maximum atomic E-state index is 13.2. The molecule has 5 atom stereocenters. The standard InChI is InChI=1S/C26H43N5O12S/c1-15(13-44)30(3)24(39)19(12-22(36)37)31(4)23(38)17(27-2)7-5-6-16(33)8-9-18(25(40)41)28-26(42)29-20(43-14-32)10-11-21(34)35/h14-15,17-20,27,44H,5-13H2,1-4H3,(H,34,35)(H,36,37)(H,40,41)(H2,28,29,42)/t15-,17+,18+,19+,20-/m1/s1. The fourth-order valence-corrected chi connectivity index (χ4v) is 4.20. The predicted octanol–water partition coefficient (Wildman–Crippen LogP) is -0.711. The van der Waals surface area contributed by atoms with E-state index in [2.05, 4.69) is 33.3 Å². The molecule has 0 unspecified atom stereocenters. The summed E-state index contributed by atoms with van der Waals surface area (Å²) in [6, 6.07) is -4.95. The minimum atomic E-state index is -1.48. The van der Waals surface area contributed by atoms with Gasteiger partial charge in [-0.1, -0.05) is 0 Å². The van der Waals surface area contributed by atoms with Gasteiger partial charge in [0.05, 0.1) is 18.9 Å². The minimum Gasteiger partial charge on any atom is -0.481 e. The number of ether oxygens (including phenoxy) is 1. The normalized spacial score (nSPS) is 14.1. The molecule has 44 heavy (non-hydrogen) atoms. The van der Waals surface area contributed by atoms with Crippen LogP contribution in [0, 0.1) is 0 Å². The Bertz CT molecular complexity index is 1030. The van der Waals surface area contributed by atoms with E-state index in [0.29, 0.717) is 5.75 Å². The van der Waals surface area contributed by atoms with Gasteiger partial charge in [-0.2, -0.15) is 12.6 Å². The van der Waals surface area contributed by atoms with Crippen LogP contribution in [0.15, 0.2) is 0 Å². The Hall–Kier alpha value is -3.93. The molecule has 0 aliphatic heterocycles. The number of carbonyl (C=O) groups is 8. The highest BCUT2D eigenvalue weighted by molar-refractivity contribution is 7.80. The van der Waals surface area contributed by atoms with Crippen LogP contribution >= 0.6 is 12.6 Å². The van der Waals surface area contributed by atoms with Gasteiger partial charge in [0.1, 0.15) is 17.9 Å². The van der Waals surface area contributed by atoms with E-state index in [0.717, 1.165) is 4.90 Å². The first kappa shape index (κ1) is 40.1. The van der Waals surface area contributed by atoms with Crippen molar-refractivity contribution in [3.8, 4) is 0 Å². The zero-order valence-corrected chi connectivity index (χ0v) is 26.1. The fourth-order valence-electron chi connectivity index (χ4n) is 3.95. The molecule has 0 aliphatic rings. The van der Waals surface area contributed by atoms with E-state index in [9.17, 15) is 48.6 Å². The number of thiol groups is 1. The number of urea groups is 1. The zero-order chi connectivity index (χ0) is 34.0. The number of nitrogens with zero attached hydrogens (tertiary/aromatic N) is 2. The smallest absolute Gasteiger partial charge is 0.326 e. The first-order valence-corrected chi connectivity index (χ1v) is 14.4. The summed E-state index contributed by atoms with van der Waals surface area (Å²) in [5.41, 5.74) is 0. The van der Waals surface area contributed by atoms with E-state index in [-0.39, 0.29) is 56.8 Å². The number of carbonyl (C=O) groups excluding carboxylic acids is 5. The third kappa shape index (κ3) is 15.0. The quantitative estimate of drug-likeness (QED) is 0.0411. The van der Waals surface area contributed by atoms with Crippen LogP contribution in [0.25, 0.3) is 0 Å². The van der Waals surface area contributed by atoms with Crippen LogP contribution in [0.1, 0.15) is 58.3 Å². The molecule has 0 saturated heterocycles. The SMILES string of the molecule is CN[C@@H](CCCC(=O)CC[C@H](NC(=O)N[C@@H](CCC(=O)O)OC=O)C(=O)O)C(=O)N(C)[C@@H](CC(=O)O)C(=O)N(C)[C@H](C)CS. The van der Waals surface area contributed by atoms with E-state index in [4.69, 9.17) is 5.11 Å². The molecule has 250 valence electrons. The molecule has 0 aromatic carbocycles. The van der Waals surface area contributed by atoms with Crippen LogP contribution in [0.5, 0.6) is 0 Å². The Kier molecular flexibility index (Phi) is 19.0. The fraction of sp³-hybridized carbons (Fsp3) is 0.692. The maximum Gasteiger partial charge on any atom is 0.326 e. The zero-order valence-electron chi connectivity index (χ0n) is 25.2. The van der Waals surface area contributed by atoms with Gasteiger partial charge in [-0.25, -0.2) is 9.59 Å². The Labute approximate surface area is 260 Å². The van der Waals surface area contributed by atoms with Crippen molar-refractivity contribution in [3.05, 3.63) is 0 Å². The summed E-state index contributed by atoms with van der Waals surface area (Å²) in [5.74, 6) is -5.03. The number of aliphatic carboxylic acids is 3. The van der Waals surface area contributed by atoms with Crippen molar-refractivity contribution in [1.82, 2.24) is 25.8 Å². The molecule has 0 spiro atoms. The number of ketones is 1. The van der Waals surface area contributed by atoms with Crippen molar-refractivity contribution in [1.29, 1.82) is 0 Å². The number of nitrogens with one attached hydrogen (secondary N) is 3. The lowest BCUT2D eigenvalue weighted by molar-refractivity contribution is -0.150. The van der Waals surface area contributed by atoms with Crippen molar-refractivity contribution in [2.45, 2.75) is 88.7 Å². The lowest BCUT2D eigenvalue weighted by Crippen LogP contribution is -2.55. The number of hydrogen-bond acceptors (Lipinski definition) is 11. The van der Waals surface area contributed by atoms with Gasteiger partial charge in [0.2, 0.25) is 11.8 Å². The van der Waals surface area contributed by atoms with Gasteiger partial charge in [-0.15, -0.1) is 0 Å². The van der Waals surface area contributed by atoms with Crippen LogP contribution in [0.2, 0.25) is 0 Å². The highest BCUT2D eigenvalue weighted by atomic mass is 32.1. The number of amides is 4. The number of carboxylic acids is 3. The van der Waals surface area contributed by atoms with E-state index < -0.39 is 72.9 Å². The maximum absolute atomic E-state index is 13.2. The lowest BCUT2D eigenvalue weighted by Gasteiger charge is -2.34. The van der Waals surface area contributed by atoms with Crippen molar-refractivity contribution >= 4 is 60.6 Å². The molecule has 0 saturated carbocycles. The van der Waals surface area contributed by atoms with Gasteiger partial charge in [-0.05, 0) is 33.2 Å². The van der Waals surface area contributed by atoms with Gasteiger partial charge in [-0.3, -0.25) is 28.8 Å². The summed E-state index contributed by atoms with van der Waals surface area (Å²) in [7, 11) is 4.33. The molecule has 0 aromatic rings. The summed E-state index contributed by atoms with van der Waals surface area (Å²) in [4.78, 5) is 97.4. The molecular weight excluding hydrogens is 606 g/mol. The van der Waals surface area contributed by atoms with Crippen molar-refractivity contribution in [2.24, 2.45) is 0 Å². The van der Waals surface area contributed by atoms with E-state index in [1.807, 2.05) is 0 Å². The van der Waals surface area contributed by atoms with Crippen molar-refractivity contribution in [2.75, 3.05) is 26.9 Å². The van der Waals surface area contributed by atoms with E-state index in [1.54, 1.807) is 6.92 Å². The molecule has 0 fully saturated rings. The Morgan fingerprint density at radius 2 is 1.48 bits per heavy atom. The summed E-state index contributed by atoms with van der Waals surface area (Å²) < 4.78 is 4.58. The largest absolute Gasteiger partial charge is 0.481 e. The molecule has 0 aromatic heterocycles. The molecule has 4 amide bonds. The number of likely N-dealkylation sites (N-methyl/N-ethyl adjacent to an activating group) is 3. The van der Waals surface area contributed by atoms with Crippen LogP contribution < -0.4 is 16.0 Å². The molecule has 17 nitrogen and oxygen atoms in total. The van der Waals surface area contributed by atoms with Crippen LogP contribution in [0.3, 0.4) is 0 Å². The predicted molar refractivity (Wildman–Crippen MR) is 157 cm³/mol. The second-order valence-electron chi connectivity index (χ2n) is 10.0. The number of carboxylic acid groups (broad SMARTS) is 3. The number of rotatable bonds is 23. The minimum absolute atomic E-state index is 0.00233. The summed E-state index contributed by atoms with van der Waals surface area (Å²) in [6.45, 7) is 1.73. The van der Waals surface area contributed by atoms with Gasteiger partial charge in [0.15, 0.2) is 6.23 Å². The lowest BCUT2D eigenvalue weighted by atomic mass is 10.0. The first-order valence-electron chi connectivity index (χ1n) is 13.7. The van der Waals surface area contributed by atoms with Gasteiger partial charge in [0.25, 0.3) is 6.47 Å². The molecule has 18 heteroatoms. The van der Waals surface area contributed by atoms with Crippen LogP contribution in [-0.2, 0) is 38.3 Å². The molecule has 6 N–H and O–H groups in total. The Balaban J connectivity index is 5.07. The number of Topliss-reactive ketones (excluding diaryl/α,β-unsaturated/α-hetero) is 1. The van der Waals surface area contributed by atoms with Crippen molar-refractivity contribution in [3.63, 3.8) is 0 Å². The van der Waals surface area contributed by atoms with Gasteiger partial charge >= 0.3 is 23.9 Å². The third-order valence-electron chi connectivity index (χ3n) is 6.78. The van der Waals surface area contributed by atoms with Crippen molar-refractivity contribution < 1.29 is 58.4 Å². The monoisotopic (exact) mass is 649 g/mol. The highest BCUT2D eigenvalue weighted by Crippen LogP contribution is 2.14. The molecule has 0 radical (unpaired) electrons. The van der Waals surface area contributed by atoms with Gasteiger partial charge < -0.3 is 45.8 Å². The molecule has 0 bridgehead atoms. The number of hydrogen-bond donors (Lipinski definition) is 7.